The number of aliphatic hydroxyl groups is 1. The van der Waals surface area contributed by atoms with Crippen molar-refractivity contribution in [3.63, 3.8) is 0 Å². The van der Waals surface area contributed by atoms with Crippen molar-refractivity contribution in [3.05, 3.63) is 23.7 Å². The first kappa shape index (κ1) is 10.1. The molecule has 0 radical (unpaired) electrons. The van der Waals surface area contributed by atoms with Crippen molar-refractivity contribution in [2.45, 2.75) is 25.7 Å². The second-order valence-corrected chi connectivity index (χ2v) is 3.70. The fourth-order valence-electron chi connectivity index (χ4n) is 1.87. The van der Waals surface area contributed by atoms with E-state index in [0.717, 1.165) is 36.9 Å². The van der Waals surface area contributed by atoms with E-state index in [1.165, 1.54) is 11.9 Å². The molecule has 0 amide bonds. The van der Waals surface area contributed by atoms with Crippen LogP contribution >= 0.6 is 0 Å². The number of nitrogens with two attached hydrogens (primary N) is 1. The maximum absolute atomic E-state index is 8.71. The lowest BCUT2D eigenvalue weighted by molar-refractivity contribution is 0.285. The lowest BCUT2D eigenvalue weighted by Gasteiger charge is -2.05. The fourth-order valence-corrected chi connectivity index (χ4v) is 1.87. The van der Waals surface area contributed by atoms with Crippen LogP contribution in [0.4, 0.5) is 5.82 Å². The Morgan fingerprint density at radius 2 is 2.20 bits per heavy atom. The summed E-state index contributed by atoms with van der Waals surface area (Å²) < 4.78 is 0. The maximum Gasteiger partial charge on any atom is 0.130 e. The molecule has 2 rings (SSSR count). The van der Waals surface area contributed by atoms with Crippen LogP contribution in [0.5, 0.6) is 0 Å². The summed E-state index contributed by atoms with van der Waals surface area (Å²) in [7, 11) is 0. The van der Waals surface area contributed by atoms with Gasteiger partial charge in [-0.15, -0.1) is 0 Å². The van der Waals surface area contributed by atoms with Crippen molar-refractivity contribution in [3.8, 4) is 0 Å². The van der Waals surface area contributed by atoms with E-state index >= 15 is 0 Å². The Morgan fingerprint density at radius 3 is 3.00 bits per heavy atom. The minimum absolute atomic E-state index is 0.256. The zero-order valence-electron chi connectivity index (χ0n) is 8.61. The largest absolute Gasteiger partial charge is 0.396 e. The van der Waals surface area contributed by atoms with E-state index in [1.54, 1.807) is 0 Å². The number of nitrogens with zero attached hydrogens (tertiary/aromatic N) is 2. The molecule has 0 saturated carbocycles. The molecule has 0 spiro atoms. The molecule has 1 aliphatic carbocycles. The van der Waals surface area contributed by atoms with Crippen molar-refractivity contribution < 1.29 is 5.11 Å². The van der Waals surface area contributed by atoms with Crippen molar-refractivity contribution in [2.24, 2.45) is 0 Å². The molecule has 0 aliphatic heterocycles. The van der Waals surface area contributed by atoms with E-state index in [4.69, 9.17) is 10.8 Å². The normalized spacial score (nSPS) is 13.8. The van der Waals surface area contributed by atoms with E-state index in [9.17, 15) is 0 Å². The summed E-state index contributed by atoms with van der Waals surface area (Å²) in [6, 6.07) is 0. The van der Waals surface area contributed by atoms with Gasteiger partial charge in [-0.05, 0) is 31.3 Å². The van der Waals surface area contributed by atoms with Crippen molar-refractivity contribution >= 4 is 11.4 Å². The summed E-state index contributed by atoms with van der Waals surface area (Å²) in [6.07, 6.45) is 7.31. The Bertz CT molecular complexity index is 387. The van der Waals surface area contributed by atoms with Crippen LogP contribution < -0.4 is 5.73 Å². The van der Waals surface area contributed by atoms with E-state index in [0.29, 0.717) is 5.82 Å². The molecule has 80 valence electrons. The van der Waals surface area contributed by atoms with Crippen LogP contribution in [0, 0.1) is 0 Å². The molecular formula is C11H15N3O. The lowest BCUT2D eigenvalue weighted by atomic mass is 10.1. The van der Waals surface area contributed by atoms with Gasteiger partial charge in [0.2, 0.25) is 0 Å². The quantitative estimate of drug-likeness (QED) is 0.723. The van der Waals surface area contributed by atoms with Gasteiger partial charge in [-0.3, -0.25) is 0 Å². The standard InChI is InChI=1S/C11H15N3O/c12-11-9-5-4-8(3-1-2-6-15)10(9)13-7-14-11/h4,7,15H,1-3,5-6H2,(H2,12,13,14). The van der Waals surface area contributed by atoms with Gasteiger partial charge in [-0.1, -0.05) is 6.08 Å². The molecular weight excluding hydrogens is 190 g/mol. The molecule has 1 aliphatic rings. The van der Waals surface area contributed by atoms with Gasteiger partial charge in [0.15, 0.2) is 0 Å². The van der Waals surface area contributed by atoms with E-state index in [1.807, 2.05) is 0 Å². The summed E-state index contributed by atoms with van der Waals surface area (Å²) in [4.78, 5) is 8.23. The van der Waals surface area contributed by atoms with Crippen molar-refractivity contribution in [1.29, 1.82) is 0 Å². The third-order valence-electron chi connectivity index (χ3n) is 2.69. The Kier molecular flexibility index (Phi) is 2.97. The van der Waals surface area contributed by atoms with Crippen LogP contribution in [0.2, 0.25) is 0 Å². The van der Waals surface area contributed by atoms with Crippen molar-refractivity contribution in [2.75, 3.05) is 12.3 Å². The molecule has 0 aromatic carbocycles. The van der Waals surface area contributed by atoms with Crippen LogP contribution in [-0.2, 0) is 6.42 Å². The number of unbranched alkanes of at least 4 members (excludes halogenated alkanes) is 1. The highest BCUT2D eigenvalue weighted by Gasteiger charge is 2.17. The SMILES string of the molecule is Nc1ncnc2c1CC=C2CCCCO. The molecule has 4 heteroatoms. The number of hydrogen-bond acceptors (Lipinski definition) is 4. The summed E-state index contributed by atoms with van der Waals surface area (Å²) in [6.45, 7) is 0.256. The summed E-state index contributed by atoms with van der Waals surface area (Å²) in [5.41, 5.74) is 9.06. The average molecular weight is 205 g/mol. The zero-order valence-corrected chi connectivity index (χ0v) is 8.61. The van der Waals surface area contributed by atoms with Crippen LogP contribution in [0.1, 0.15) is 30.5 Å². The number of anilines is 1. The van der Waals surface area contributed by atoms with E-state index in [-0.39, 0.29) is 6.61 Å². The predicted octanol–water partition coefficient (Wildman–Crippen LogP) is 1.16. The first-order valence-electron chi connectivity index (χ1n) is 5.22. The third-order valence-corrected chi connectivity index (χ3v) is 2.69. The minimum Gasteiger partial charge on any atom is -0.396 e. The third kappa shape index (κ3) is 1.99. The topological polar surface area (TPSA) is 72.0 Å². The molecule has 15 heavy (non-hydrogen) atoms. The van der Waals surface area contributed by atoms with Gasteiger partial charge in [-0.2, -0.15) is 0 Å². The molecule has 0 atom stereocenters. The first-order chi connectivity index (χ1) is 7.33. The second-order valence-electron chi connectivity index (χ2n) is 3.70. The lowest BCUT2D eigenvalue weighted by Crippen LogP contribution is -2.00. The Labute approximate surface area is 88.9 Å². The maximum atomic E-state index is 8.71. The smallest absolute Gasteiger partial charge is 0.130 e. The van der Waals surface area contributed by atoms with E-state index < -0.39 is 0 Å². The van der Waals surface area contributed by atoms with Gasteiger partial charge < -0.3 is 10.8 Å². The number of nitrogen functional groups attached to an aromatic ring is 1. The molecule has 1 aromatic heterocycles. The fraction of sp³-hybridized carbons (Fsp3) is 0.455. The van der Waals surface area contributed by atoms with Gasteiger partial charge in [-0.25, -0.2) is 9.97 Å². The minimum atomic E-state index is 0.256. The van der Waals surface area contributed by atoms with E-state index in [2.05, 4.69) is 16.0 Å². The Hall–Kier alpha value is -1.42. The number of rotatable bonds is 4. The van der Waals surface area contributed by atoms with Crippen LogP contribution in [0.25, 0.3) is 5.57 Å². The molecule has 1 aromatic rings. The summed E-state index contributed by atoms with van der Waals surface area (Å²) in [5, 5.41) is 8.71. The van der Waals surface area contributed by atoms with Crippen LogP contribution in [-0.4, -0.2) is 21.7 Å². The molecule has 3 N–H and O–H groups in total. The highest BCUT2D eigenvalue weighted by molar-refractivity contribution is 5.73. The molecule has 0 bridgehead atoms. The number of allylic oxidation sites excluding steroid dienone is 2. The molecule has 1 heterocycles. The zero-order chi connectivity index (χ0) is 10.7. The van der Waals surface area contributed by atoms with Crippen LogP contribution in [0.3, 0.4) is 0 Å². The Balaban J connectivity index is 2.10. The average Bonchev–Trinajstić information content (AvgIpc) is 2.64. The van der Waals surface area contributed by atoms with Gasteiger partial charge in [0.05, 0.1) is 5.69 Å². The van der Waals surface area contributed by atoms with Gasteiger partial charge in [0.1, 0.15) is 12.1 Å². The first-order valence-corrected chi connectivity index (χ1v) is 5.22. The number of aromatic nitrogens is 2. The second kappa shape index (κ2) is 4.40. The number of hydrogen-bond donors (Lipinski definition) is 2. The highest BCUT2D eigenvalue weighted by atomic mass is 16.2. The van der Waals surface area contributed by atoms with Gasteiger partial charge in [0, 0.05) is 12.2 Å². The number of fused-ring (bicyclic) bond motifs is 1. The molecule has 4 nitrogen and oxygen atoms in total. The highest BCUT2D eigenvalue weighted by Crippen LogP contribution is 2.31. The van der Waals surface area contributed by atoms with Crippen LogP contribution in [0.15, 0.2) is 12.4 Å². The van der Waals surface area contributed by atoms with Crippen molar-refractivity contribution in [1.82, 2.24) is 9.97 Å². The number of aliphatic hydroxyl groups excluding tert-OH is 1. The van der Waals surface area contributed by atoms with Gasteiger partial charge >= 0.3 is 0 Å². The Morgan fingerprint density at radius 1 is 1.33 bits per heavy atom. The monoisotopic (exact) mass is 205 g/mol. The summed E-state index contributed by atoms with van der Waals surface area (Å²) >= 11 is 0. The molecule has 0 saturated heterocycles. The summed E-state index contributed by atoms with van der Waals surface area (Å²) in [5.74, 6) is 0.591. The molecule has 0 unspecified atom stereocenters. The van der Waals surface area contributed by atoms with Gasteiger partial charge in [0.25, 0.3) is 0 Å². The predicted molar refractivity (Wildman–Crippen MR) is 59.1 cm³/mol. The molecule has 0 fully saturated rings.